The maximum Gasteiger partial charge on any atom is 0.328 e. The van der Waals surface area contributed by atoms with Gasteiger partial charge in [0, 0.05) is 12.2 Å². The van der Waals surface area contributed by atoms with Gasteiger partial charge in [-0.25, -0.2) is 4.79 Å². The molecule has 1 aliphatic heterocycles. The molecule has 1 N–H and O–H groups in total. The van der Waals surface area contributed by atoms with Gasteiger partial charge in [0.2, 0.25) is 0 Å². The molecule has 1 saturated heterocycles. The van der Waals surface area contributed by atoms with Crippen LogP contribution in [0.1, 0.15) is 37.7 Å². The van der Waals surface area contributed by atoms with Crippen LogP contribution in [0.4, 0.5) is 5.69 Å². The second kappa shape index (κ2) is 5.63. The molecular weight excluding hydrogens is 282 g/mol. The normalized spacial score (nSPS) is 23.0. The number of hydrogen-bond donors (Lipinski definition) is 1. The Morgan fingerprint density at radius 1 is 1.23 bits per heavy atom. The minimum Gasteiger partial charge on any atom is -0.481 e. The Balaban J connectivity index is 1.82. The van der Waals surface area contributed by atoms with Crippen molar-refractivity contribution in [2.24, 2.45) is 0 Å². The van der Waals surface area contributed by atoms with Crippen molar-refractivity contribution in [1.29, 1.82) is 0 Å². The molecule has 2 aliphatic rings. The van der Waals surface area contributed by atoms with Gasteiger partial charge in [-0.1, -0.05) is 18.6 Å². The second-order valence-electron chi connectivity index (χ2n) is 6.16. The number of carboxylic acids is 1. The number of carboxylic acid groups (broad SMARTS) is 1. The number of methoxy groups -OCH3 is 1. The fraction of sp³-hybridized carbons (Fsp3) is 0.529. The molecule has 0 radical (unpaired) electrons. The molecule has 22 heavy (non-hydrogen) atoms. The maximum absolute atomic E-state index is 11.8. The first-order valence-electron chi connectivity index (χ1n) is 7.77. The van der Waals surface area contributed by atoms with Crippen LogP contribution in [-0.4, -0.2) is 36.7 Å². The summed E-state index contributed by atoms with van der Waals surface area (Å²) in [6, 6.07) is 7.43. The van der Waals surface area contributed by atoms with Gasteiger partial charge >= 0.3 is 11.9 Å². The van der Waals surface area contributed by atoms with Gasteiger partial charge in [0.1, 0.15) is 6.04 Å². The molecule has 1 unspecified atom stereocenters. The van der Waals surface area contributed by atoms with Gasteiger partial charge in [-0.2, -0.15) is 0 Å². The zero-order valence-corrected chi connectivity index (χ0v) is 12.7. The van der Waals surface area contributed by atoms with Crippen molar-refractivity contribution in [3.63, 3.8) is 0 Å². The van der Waals surface area contributed by atoms with Crippen LogP contribution in [0.15, 0.2) is 24.3 Å². The van der Waals surface area contributed by atoms with Crippen LogP contribution >= 0.6 is 0 Å². The zero-order chi connectivity index (χ0) is 15.7. The Kier molecular flexibility index (Phi) is 3.81. The summed E-state index contributed by atoms with van der Waals surface area (Å²) in [6.07, 6.45) is 4.13. The summed E-state index contributed by atoms with van der Waals surface area (Å²) < 4.78 is 4.86. The molecule has 0 amide bonds. The van der Waals surface area contributed by atoms with E-state index < -0.39 is 11.4 Å². The van der Waals surface area contributed by atoms with E-state index in [1.54, 1.807) is 0 Å². The number of nitrogens with zero attached hydrogens (tertiary/aromatic N) is 1. The first-order valence-corrected chi connectivity index (χ1v) is 7.77. The quantitative estimate of drug-likeness (QED) is 0.865. The molecule has 2 fully saturated rings. The van der Waals surface area contributed by atoms with Crippen LogP contribution in [0.5, 0.6) is 0 Å². The molecule has 1 heterocycles. The fourth-order valence-corrected chi connectivity index (χ4v) is 3.59. The van der Waals surface area contributed by atoms with E-state index in [-0.39, 0.29) is 12.0 Å². The molecule has 3 rings (SSSR count). The number of anilines is 1. The number of benzene rings is 1. The highest BCUT2D eigenvalue weighted by atomic mass is 16.5. The molecule has 0 spiro atoms. The molecule has 1 aliphatic carbocycles. The SMILES string of the molecule is COC(=O)C1CCCN1c1ccc(C2(C(=O)O)CCC2)cc1. The molecule has 5 nitrogen and oxygen atoms in total. The van der Waals surface area contributed by atoms with E-state index in [0.29, 0.717) is 12.8 Å². The average Bonchev–Trinajstić information content (AvgIpc) is 2.95. The lowest BCUT2D eigenvalue weighted by molar-refractivity contribution is -0.147. The van der Waals surface area contributed by atoms with Crippen LogP contribution < -0.4 is 4.90 Å². The van der Waals surface area contributed by atoms with Crippen molar-refractivity contribution in [3.8, 4) is 0 Å². The maximum atomic E-state index is 11.8. The molecule has 0 aromatic heterocycles. The monoisotopic (exact) mass is 303 g/mol. The summed E-state index contributed by atoms with van der Waals surface area (Å²) >= 11 is 0. The smallest absolute Gasteiger partial charge is 0.328 e. The van der Waals surface area contributed by atoms with Gasteiger partial charge in [-0.3, -0.25) is 4.79 Å². The third-order valence-corrected chi connectivity index (χ3v) is 5.09. The Bertz CT molecular complexity index is 577. The van der Waals surface area contributed by atoms with E-state index >= 15 is 0 Å². The minimum atomic E-state index is -0.736. The van der Waals surface area contributed by atoms with Gasteiger partial charge in [0.15, 0.2) is 0 Å². The summed E-state index contributed by atoms with van der Waals surface area (Å²) in [7, 11) is 1.41. The van der Waals surface area contributed by atoms with Crippen molar-refractivity contribution in [2.75, 3.05) is 18.6 Å². The Morgan fingerprint density at radius 2 is 1.91 bits per heavy atom. The first kappa shape index (κ1) is 14.9. The van der Waals surface area contributed by atoms with Gasteiger partial charge < -0.3 is 14.7 Å². The number of esters is 1. The number of ether oxygens (including phenoxy) is 1. The lowest BCUT2D eigenvalue weighted by Gasteiger charge is -2.38. The summed E-state index contributed by atoms with van der Waals surface area (Å²) in [4.78, 5) is 25.4. The summed E-state index contributed by atoms with van der Waals surface area (Å²) in [5.41, 5.74) is 1.12. The highest BCUT2D eigenvalue weighted by Crippen LogP contribution is 2.44. The first-order chi connectivity index (χ1) is 10.6. The van der Waals surface area contributed by atoms with E-state index in [2.05, 4.69) is 0 Å². The van der Waals surface area contributed by atoms with Gasteiger partial charge in [-0.05, 0) is 43.4 Å². The van der Waals surface area contributed by atoms with E-state index in [0.717, 1.165) is 37.1 Å². The van der Waals surface area contributed by atoms with E-state index in [1.807, 2.05) is 29.2 Å². The van der Waals surface area contributed by atoms with Crippen molar-refractivity contribution < 1.29 is 19.4 Å². The molecule has 118 valence electrons. The number of carbonyl (C=O) groups is 2. The molecule has 1 aromatic rings. The topological polar surface area (TPSA) is 66.8 Å². The third kappa shape index (κ3) is 2.25. The number of hydrogen-bond acceptors (Lipinski definition) is 4. The number of carbonyl (C=O) groups excluding carboxylic acids is 1. The molecule has 1 aromatic carbocycles. The predicted molar refractivity (Wildman–Crippen MR) is 82.0 cm³/mol. The highest BCUT2D eigenvalue weighted by Gasteiger charge is 2.45. The predicted octanol–water partition coefficient (Wildman–Crippen LogP) is 2.33. The van der Waals surface area contributed by atoms with Crippen molar-refractivity contribution >= 4 is 17.6 Å². The highest BCUT2D eigenvalue weighted by molar-refractivity contribution is 5.83. The van der Waals surface area contributed by atoms with Crippen LogP contribution in [0, 0.1) is 0 Å². The lowest BCUT2D eigenvalue weighted by Crippen LogP contribution is -2.42. The number of rotatable bonds is 4. The number of aliphatic carboxylic acids is 1. The Morgan fingerprint density at radius 3 is 2.41 bits per heavy atom. The van der Waals surface area contributed by atoms with Gasteiger partial charge in [-0.15, -0.1) is 0 Å². The third-order valence-electron chi connectivity index (χ3n) is 5.09. The Labute approximate surface area is 129 Å². The van der Waals surface area contributed by atoms with Gasteiger partial charge in [0.25, 0.3) is 0 Å². The summed E-state index contributed by atoms with van der Waals surface area (Å²) in [6.45, 7) is 0.823. The standard InChI is InChI=1S/C17H21NO4/c1-22-15(19)14-4-2-11-18(14)13-7-5-12(6-8-13)17(16(20)21)9-3-10-17/h5-8,14H,2-4,9-11H2,1H3,(H,20,21). The van der Waals surface area contributed by atoms with Crippen LogP contribution in [0.2, 0.25) is 0 Å². The van der Waals surface area contributed by atoms with E-state index in [4.69, 9.17) is 4.74 Å². The summed E-state index contributed by atoms with van der Waals surface area (Å²) in [5.74, 6) is -0.942. The molecule has 0 bridgehead atoms. The van der Waals surface area contributed by atoms with Crippen molar-refractivity contribution in [1.82, 2.24) is 0 Å². The molecular formula is C17H21NO4. The zero-order valence-electron chi connectivity index (χ0n) is 12.7. The second-order valence-corrected chi connectivity index (χ2v) is 6.16. The summed E-state index contributed by atoms with van der Waals surface area (Å²) in [5, 5.41) is 9.49. The van der Waals surface area contributed by atoms with Crippen molar-refractivity contribution in [3.05, 3.63) is 29.8 Å². The fourth-order valence-electron chi connectivity index (χ4n) is 3.59. The molecule has 5 heteroatoms. The van der Waals surface area contributed by atoms with Crippen LogP contribution in [0.25, 0.3) is 0 Å². The molecule has 1 atom stereocenters. The van der Waals surface area contributed by atoms with E-state index in [9.17, 15) is 14.7 Å². The largest absolute Gasteiger partial charge is 0.481 e. The van der Waals surface area contributed by atoms with Gasteiger partial charge in [0.05, 0.1) is 12.5 Å². The average molecular weight is 303 g/mol. The van der Waals surface area contributed by atoms with Crippen molar-refractivity contribution in [2.45, 2.75) is 43.6 Å². The van der Waals surface area contributed by atoms with E-state index in [1.165, 1.54) is 7.11 Å². The lowest BCUT2D eigenvalue weighted by atomic mass is 9.64. The molecule has 1 saturated carbocycles. The Hall–Kier alpha value is -2.04. The van der Waals surface area contributed by atoms with Crippen LogP contribution in [-0.2, 0) is 19.7 Å². The van der Waals surface area contributed by atoms with Crippen LogP contribution in [0.3, 0.4) is 0 Å². The minimum absolute atomic E-state index is 0.206.